The van der Waals surface area contributed by atoms with Crippen molar-refractivity contribution < 1.29 is 47.8 Å². The number of carbonyl (C=O) groups is 2. The van der Waals surface area contributed by atoms with E-state index in [0.717, 1.165) is 38.5 Å². The number of esters is 2. The minimum absolute atomic E-state index is 0.190. The van der Waals surface area contributed by atoms with Gasteiger partial charge >= 0.3 is 19.8 Å². The highest BCUT2D eigenvalue weighted by molar-refractivity contribution is 7.47. The van der Waals surface area contributed by atoms with Gasteiger partial charge in [0, 0.05) is 12.8 Å². The van der Waals surface area contributed by atoms with E-state index in [9.17, 15) is 24.2 Å². The first-order chi connectivity index (χ1) is 28.7. The Hall–Kier alpha value is -1.29. The molecule has 0 amide bonds. The van der Waals surface area contributed by atoms with Gasteiger partial charge in [-0.3, -0.25) is 18.6 Å². The molecule has 0 radical (unpaired) electrons. The molecule has 0 heterocycles. The Kier molecular flexibility index (Phi) is 43.8. The summed E-state index contributed by atoms with van der Waals surface area (Å²) in [7, 11) is -4.61. The molecule has 0 saturated heterocycles. The van der Waals surface area contributed by atoms with Crippen molar-refractivity contribution in [2.45, 2.75) is 257 Å². The normalized spacial score (nSPS) is 13.8. The van der Waals surface area contributed by atoms with Crippen molar-refractivity contribution in [2.24, 2.45) is 0 Å². The quantitative estimate of drug-likeness (QED) is 0.0234. The van der Waals surface area contributed by atoms with Crippen LogP contribution in [-0.4, -0.2) is 65.7 Å². The molecule has 0 aliphatic rings. The van der Waals surface area contributed by atoms with Crippen molar-refractivity contribution in [1.29, 1.82) is 0 Å². The Morgan fingerprint density at radius 2 is 0.831 bits per heavy atom. The van der Waals surface area contributed by atoms with Gasteiger partial charge in [0.2, 0.25) is 0 Å². The minimum atomic E-state index is -4.61. The van der Waals surface area contributed by atoms with Crippen molar-refractivity contribution in [2.75, 3.05) is 26.4 Å². The second-order valence-electron chi connectivity index (χ2n) is 16.8. The van der Waals surface area contributed by atoms with Gasteiger partial charge in [0.05, 0.1) is 19.8 Å². The molecule has 0 aromatic rings. The largest absolute Gasteiger partial charge is 0.472 e. The van der Waals surface area contributed by atoms with E-state index in [4.69, 9.17) is 23.6 Å². The summed E-state index contributed by atoms with van der Waals surface area (Å²) in [5.41, 5.74) is 0. The Bertz CT molecular complexity index is 993. The van der Waals surface area contributed by atoms with Crippen LogP contribution >= 0.6 is 7.82 Å². The van der Waals surface area contributed by atoms with Crippen LogP contribution in [0.25, 0.3) is 0 Å². The summed E-state index contributed by atoms with van der Waals surface area (Å²) >= 11 is 0. The number of phosphoric ester groups is 1. The Morgan fingerprint density at radius 3 is 1.22 bits per heavy atom. The Labute approximate surface area is 362 Å². The standard InChI is InChI=1S/C48H93O10P/c1-3-5-7-9-11-13-15-17-19-20-21-22-23-24-26-27-29-31-33-35-37-39-47(51)55-43-46(44-57-59(53,54)56-42-45(50)41-49)58-48(52)40-38-36-34-32-30-28-25-18-16-14-12-10-8-6-4-2/h17,19,45-46,49-50H,3-16,18,20-44H2,1-2H3,(H,53,54)/b19-17+/t45-,46+/m1/s1. The van der Waals surface area contributed by atoms with Crippen LogP contribution in [0.2, 0.25) is 0 Å². The van der Waals surface area contributed by atoms with Crippen LogP contribution in [0.5, 0.6) is 0 Å². The van der Waals surface area contributed by atoms with E-state index < -0.39 is 51.8 Å². The summed E-state index contributed by atoms with van der Waals surface area (Å²) in [6, 6.07) is 0. The number of ether oxygens (including phenoxy) is 2. The summed E-state index contributed by atoms with van der Waals surface area (Å²) in [5.74, 6) is -0.910. The zero-order valence-corrected chi connectivity index (χ0v) is 39.1. The van der Waals surface area contributed by atoms with Crippen LogP contribution < -0.4 is 0 Å². The number of aliphatic hydroxyl groups excluding tert-OH is 2. The lowest BCUT2D eigenvalue weighted by molar-refractivity contribution is -0.161. The van der Waals surface area contributed by atoms with Crippen molar-refractivity contribution in [3.63, 3.8) is 0 Å². The number of aliphatic hydroxyl groups is 2. The molecular formula is C48H93O10P. The SMILES string of the molecule is CCCCCCCC/C=C/CCCCCCCCCCCCCC(=O)OC[C@@H](COP(=O)(O)OC[C@H](O)CO)OC(=O)CCCCCCCCCCCCCCCCC. The topological polar surface area (TPSA) is 149 Å². The maximum atomic E-state index is 12.6. The molecule has 0 aliphatic carbocycles. The second kappa shape index (κ2) is 44.8. The van der Waals surface area contributed by atoms with Gasteiger partial charge in [-0.1, -0.05) is 206 Å². The van der Waals surface area contributed by atoms with E-state index >= 15 is 0 Å². The van der Waals surface area contributed by atoms with Crippen molar-refractivity contribution >= 4 is 19.8 Å². The average Bonchev–Trinajstić information content (AvgIpc) is 3.22. The lowest BCUT2D eigenvalue weighted by Crippen LogP contribution is -2.29. The van der Waals surface area contributed by atoms with Crippen molar-refractivity contribution in [3.05, 3.63) is 12.2 Å². The van der Waals surface area contributed by atoms with Gasteiger partial charge in [-0.05, 0) is 38.5 Å². The zero-order valence-electron chi connectivity index (χ0n) is 38.2. The molecule has 350 valence electrons. The fourth-order valence-corrected chi connectivity index (χ4v) is 7.90. The number of unbranched alkanes of at least 4 members (excludes halogenated alkanes) is 31. The first-order valence-electron chi connectivity index (χ1n) is 24.6. The molecule has 59 heavy (non-hydrogen) atoms. The van der Waals surface area contributed by atoms with Crippen LogP contribution in [0, 0.1) is 0 Å². The number of carbonyl (C=O) groups excluding carboxylic acids is 2. The highest BCUT2D eigenvalue weighted by Crippen LogP contribution is 2.43. The molecule has 0 aromatic heterocycles. The van der Waals surface area contributed by atoms with Crippen LogP contribution in [0.4, 0.5) is 0 Å². The van der Waals surface area contributed by atoms with Crippen LogP contribution in [0.3, 0.4) is 0 Å². The van der Waals surface area contributed by atoms with Gasteiger partial charge in [-0.2, -0.15) is 0 Å². The summed E-state index contributed by atoms with van der Waals surface area (Å²) < 4.78 is 32.8. The number of hydrogen-bond acceptors (Lipinski definition) is 9. The lowest BCUT2D eigenvalue weighted by Gasteiger charge is -2.20. The summed E-state index contributed by atoms with van der Waals surface area (Å²) in [4.78, 5) is 35.1. The lowest BCUT2D eigenvalue weighted by atomic mass is 10.0. The van der Waals surface area contributed by atoms with Crippen molar-refractivity contribution in [3.8, 4) is 0 Å². The van der Waals surface area contributed by atoms with E-state index in [1.165, 1.54) is 167 Å². The molecule has 3 atom stereocenters. The predicted octanol–water partition coefficient (Wildman–Crippen LogP) is 13.6. The number of allylic oxidation sites excluding steroid dienone is 2. The molecule has 0 bridgehead atoms. The molecule has 11 heteroatoms. The van der Waals surface area contributed by atoms with E-state index in [1.54, 1.807) is 0 Å². The van der Waals surface area contributed by atoms with Gasteiger partial charge in [-0.25, -0.2) is 4.57 Å². The molecular weight excluding hydrogens is 767 g/mol. The van der Waals surface area contributed by atoms with Gasteiger partial charge in [0.25, 0.3) is 0 Å². The smallest absolute Gasteiger partial charge is 0.462 e. The van der Waals surface area contributed by atoms with Crippen LogP contribution in [0.1, 0.15) is 245 Å². The first kappa shape index (κ1) is 57.7. The Balaban J connectivity index is 4.15. The molecule has 1 unspecified atom stereocenters. The fourth-order valence-electron chi connectivity index (χ4n) is 7.11. The molecule has 0 rings (SSSR count). The van der Waals surface area contributed by atoms with Crippen LogP contribution in [-0.2, 0) is 32.7 Å². The highest BCUT2D eigenvalue weighted by Gasteiger charge is 2.27. The second-order valence-corrected chi connectivity index (χ2v) is 18.3. The summed E-state index contributed by atoms with van der Waals surface area (Å²) in [5, 5.41) is 18.4. The first-order valence-corrected chi connectivity index (χ1v) is 26.1. The maximum absolute atomic E-state index is 12.6. The monoisotopic (exact) mass is 861 g/mol. The third-order valence-electron chi connectivity index (χ3n) is 10.9. The van der Waals surface area contributed by atoms with E-state index in [2.05, 4.69) is 26.0 Å². The van der Waals surface area contributed by atoms with Gasteiger partial charge in [0.15, 0.2) is 6.10 Å². The summed E-state index contributed by atoms with van der Waals surface area (Å²) in [6.07, 6.45) is 44.6. The third kappa shape index (κ3) is 44.6. The number of phosphoric acid groups is 1. The third-order valence-corrected chi connectivity index (χ3v) is 11.9. The molecule has 10 nitrogen and oxygen atoms in total. The molecule has 0 fully saturated rings. The zero-order chi connectivity index (χ0) is 43.3. The molecule has 0 saturated carbocycles. The maximum Gasteiger partial charge on any atom is 0.472 e. The number of rotatable bonds is 47. The average molecular weight is 861 g/mol. The summed E-state index contributed by atoms with van der Waals surface area (Å²) in [6.45, 7) is 2.42. The van der Waals surface area contributed by atoms with E-state index in [-0.39, 0.29) is 19.4 Å². The molecule has 0 aliphatic heterocycles. The predicted molar refractivity (Wildman–Crippen MR) is 242 cm³/mol. The van der Waals surface area contributed by atoms with Gasteiger partial charge < -0.3 is 24.6 Å². The highest BCUT2D eigenvalue weighted by atomic mass is 31.2. The van der Waals surface area contributed by atoms with E-state index in [1.807, 2.05) is 0 Å². The van der Waals surface area contributed by atoms with Crippen LogP contribution in [0.15, 0.2) is 12.2 Å². The molecule has 3 N–H and O–H groups in total. The minimum Gasteiger partial charge on any atom is -0.462 e. The fraction of sp³-hybridized carbons (Fsp3) is 0.917. The van der Waals surface area contributed by atoms with Crippen molar-refractivity contribution in [1.82, 2.24) is 0 Å². The molecule has 0 aromatic carbocycles. The van der Waals surface area contributed by atoms with E-state index in [0.29, 0.717) is 12.8 Å². The van der Waals surface area contributed by atoms with Gasteiger partial charge in [-0.15, -0.1) is 0 Å². The van der Waals surface area contributed by atoms with Gasteiger partial charge in [0.1, 0.15) is 12.7 Å². The Morgan fingerprint density at radius 1 is 0.492 bits per heavy atom. The molecule has 0 spiro atoms. The number of hydrogen-bond donors (Lipinski definition) is 3.